The number of sulfonamides is 1. The molecule has 0 spiro atoms. The van der Waals surface area contributed by atoms with E-state index in [1.54, 1.807) is 18.2 Å². The molecule has 3 aromatic rings. The van der Waals surface area contributed by atoms with E-state index in [9.17, 15) is 12.8 Å². The Morgan fingerprint density at radius 2 is 1.92 bits per heavy atom. The average molecular weight is 446 g/mol. The van der Waals surface area contributed by atoms with Gasteiger partial charge in [0.25, 0.3) is 10.0 Å². The molecule has 1 heterocycles. The van der Waals surface area contributed by atoms with Gasteiger partial charge >= 0.3 is 0 Å². The number of methoxy groups -OCH3 is 1. The Morgan fingerprint density at radius 3 is 2.56 bits per heavy atom. The fraction of sp³-hybridized carbons (Fsp3) is 0.0625. The molecule has 130 valence electrons. The van der Waals surface area contributed by atoms with Gasteiger partial charge in [0, 0.05) is 16.4 Å². The van der Waals surface area contributed by atoms with Gasteiger partial charge in [-0.05, 0) is 36.4 Å². The van der Waals surface area contributed by atoms with Crippen molar-refractivity contribution in [2.75, 3.05) is 11.8 Å². The minimum absolute atomic E-state index is 0.0533. The molecule has 0 amide bonds. The molecule has 0 saturated carbocycles. The van der Waals surface area contributed by atoms with Crippen LogP contribution in [0.1, 0.15) is 0 Å². The third-order valence-electron chi connectivity index (χ3n) is 3.42. The number of hydrogen-bond donors (Lipinski definition) is 1. The summed E-state index contributed by atoms with van der Waals surface area (Å²) in [4.78, 5) is 3.70. The predicted molar refractivity (Wildman–Crippen MR) is 98.2 cm³/mol. The number of aromatic nitrogens is 1. The maximum absolute atomic E-state index is 14.2. The Hall–Kier alpha value is -1.90. The Balaban J connectivity index is 2.06. The number of hydrogen-bond acceptors (Lipinski definition) is 4. The minimum Gasteiger partial charge on any atom is -0.497 e. The SMILES string of the molecule is COc1ccc(NS(=O)(=O)c2cnc3cc(Br)cc(F)c3c2Cl)cc1. The largest absolute Gasteiger partial charge is 0.497 e. The zero-order valence-electron chi connectivity index (χ0n) is 12.8. The quantitative estimate of drug-likeness (QED) is 0.637. The van der Waals surface area contributed by atoms with Crippen LogP contribution in [0.2, 0.25) is 5.02 Å². The highest BCUT2D eigenvalue weighted by Gasteiger charge is 2.22. The lowest BCUT2D eigenvalue weighted by Crippen LogP contribution is -2.14. The van der Waals surface area contributed by atoms with Gasteiger partial charge in [0.15, 0.2) is 0 Å². The molecule has 0 atom stereocenters. The lowest BCUT2D eigenvalue weighted by molar-refractivity contribution is 0.415. The standard InChI is InChI=1S/C16H11BrClFN2O3S/c1-24-11-4-2-10(3-5-11)21-25(22,23)14-8-20-13-7-9(17)6-12(19)15(13)16(14)18/h2-8,21H,1H3. The highest BCUT2D eigenvalue weighted by atomic mass is 79.9. The van der Waals surface area contributed by atoms with Crippen molar-refractivity contribution in [1.82, 2.24) is 4.98 Å². The number of fused-ring (bicyclic) bond motifs is 1. The maximum Gasteiger partial charge on any atom is 0.264 e. The Bertz CT molecular complexity index is 1060. The molecule has 25 heavy (non-hydrogen) atoms. The van der Waals surface area contributed by atoms with Crippen molar-refractivity contribution in [2.24, 2.45) is 0 Å². The summed E-state index contributed by atoms with van der Waals surface area (Å²) in [6.45, 7) is 0. The number of ether oxygens (including phenoxy) is 1. The van der Waals surface area contributed by atoms with Crippen LogP contribution in [0.3, 0.4) is 0 Å². The van der Waals surface area contributed by atoms with Crippen LogP contribution in [0, 0.1) is 5.82 Å². The zero-order valence-corrected chi connectivity index (χ0v) is 15.9. The van der Waals surface area contributed by atoms with Gasteiger partial charge in [-0.3, -0.25) is 9.71 Å². The number of anilines is 1. The summed E-state index contributed by atoms with van der Waals surface area (Å²) in [6.07, 6.45) is 1.10. The second-order valence-electron chi connectivity index (χ2n) is 5.05. The molecule has 0 unspecified atom stereocenters. The van der Waals surface area contributed by atoms with Crippen molar-refractivity contribution in [2.45, 2.75) is 4.90 Å². The van der Waals surface area contributed by atoms with Crippen LogP contribution in [0.25, 0.3) is 10.9 Å². The van der Waals surface area contributed by atoms with Gasteiger partial charge in [-0.1, -0.05) is 27.5 Å². The number of benzene rings is 2. The summed E-state index contributed by atoms with van der Waals surface area (Å²) >= 11 is 9.32. The molecule has 0 aliphatic carbocycles. The third kappa shape index (κ3) is 3.56. The number of nitrogens with one attached hydrogen (secondary N) is 1. The highest BCUT2D eigenvalue weighted by molar-refractivity contribution is 9.10. The molecule has 0 saturated heterocycles. The van der Waals surface area contributed by atoms with Crippen LogP contribution in [0.15, 0.2) is 52.0 Å². The molecule has 1 N–H and O–H groups in total. The Labute approximate surface area is 157 Å². The first kappa shape index (κ1) is 17.9. The van der Waals surface area contributed by atoms with Gasteiger partial charge in [0.1, 0.15) is 16.5 Å². The molecule has 1 aromatic heterocycles. The van der Waals surface area contributed by atoms with E-state index in [-0.39, 0.29) is 20.8 Å². The van der Waals surface area contributed by atoms with Crippen LogP contribution in [0.4, 0.5) is 10.1 Å². The van der Waals surface area contributed by atoms with E-state index >= 15 is 0 Å². The van der Waals surface area contributed by atoms with Gasteiger partial charge in [-0.25, -0.2) is 12.8 Å². The molecule has 0 bridgehead atoms. The van der Waals surface area contributed by atoms with Crippen LogP contribution < -0.4 is 9.46 Å². The van der Waals surface area contributed by atoms with Crippen molar-refractivity contribution in [1.29, 1.82) is 0 Å². The molecule has 5 nitrogen and oxygen atoms in total. The monoisotopic (exact) mass is 444 g/mol. The first-order valence-electron chi connectivity index (χ1n) is 6.92. The van der Waals surface area contributed by atoms with Crippen molar-refractivity contribution >= 4 is 54.1 Å². The fourth-order valence-electron chi connectivity index (χ4n) is 2.24. The molecule has 0 radical (unpaired) electrons. The first-order chi connectivity index (χ1) is 11.8. The summed E-state index contributed by atoms with van der Waals surface area (Å²) < 4.78 is 47.3. The highest BCUT2D eigenvalue weighted by Crippen LogP contribution is 2.33. The summed E-state index contributed by atoms with van der Waals surface area (Å²) in [7, 11) is -2.54. The van der Waals surface area contributed by atoms with Crippen molar-refractivity contribution in [3.05, 3.63) is 57.9 Å². The van der Waals surface area contributed by atoms with E-state index in [0.29, 0.717) is 15.9 Å². The van der Waals surface area contributed by atoms with E-state index in [2.05, 4.69) is 25.6 Å². The molecule has 0 fully saturated rings. The van der Waals surface area contributed by atoms with Crippen LogP contribution in [-0.4, -0.2) is 20.5 Å². The lowest BCUT2D eigenvalue weighted by Gasteiger charge is -2.11. The summed E-state index contributed by atoms with van der Waals surface area (Å²) in [6, 6.07) is 9.04. The Morgan fingerprint density at radius 1 is 1.24 bits per heavy atom. The second kappa shape index (κ2) is 6.78. The molecular formula is C16H11BrClFN2O3S. The van der Waals surface area contributed by atoms with E-state index in [4.69, 9.17) is 16.3 Å². The van der Waals surface area contributed by atoms with E-state index in [0.717, 1.165) is 6.20 Å². The number of nitrogens with zero attached hydrogens (tertiary/aromatic N) is 1. The average Bonchev–Trinajstić information content (AvgIpc) is 2.54. The van der Waals surface area contributed by atoms with Crippen molar-refractivity contribution in [3.63, 3.8) is 0 Å². The van der Waals surface area contributed by atoms with Crippen LogP contribution in [0.5, 0.6) is 5.75 Å². The lowest BCUT2D eigenvalue weighted by atomic mass is 10.2. The zero-order chi connectivity index (χ0) is 18.2. The molecule has 2 aromatic carbocycles. The smallest absolute Gasteiger partial charge is 0.264 e. The van der Waals surface area contributed by atoms with Crippen molar-refractivity contribution < 1.29 is 17.5 Å². The number of rotatable bonds is 4. The normalized spacial score (nSPS) is 11.5. The molecule has 9 heteroatoms. The van der Waals surface area contributed by atoms with E-state index < -0.39 is 15.8 Å². The predicted octanol–water partition coefficient (Wildman–Crippen LogP) is 4.60. The third-order valence-corrected chi connectivity index (χ3v) is 5.78. The van der Waals surface area contributed by atoms with Gasteiger partial charge < -0.3 is 4.74 Å². The van der Waals surface area contributed by atoms with Crippen LogP contribution >= 0.6 is 27.5 Å². The topological polar surface area (TPSA) is 68.3 Å². The van der Waals surface area contributed by atoms with Gasteiger partial charge in [0.05, 0.1) is 23.0 Å². The van der Waals surface area contributed by atoms with Crippen LogP contribution in [-0.2, 0) is 10.0 Å². The summed E-state index contributed by atoms with van der Waals surface area (Å²) in [5, 5.41) is -0.279. The molecule has 0 aliphatic rings. The maximum atomic E-state index is 14.2. The van der Waals surface area contributed by atoms with Gasteiger partial charge in [-0.15, -0.1) is 0 Å². The molecule has 3 rings (SSSR count). The summed E-state index contributed by atoms with van der Waals surface area (Å²) in [5.74, 6) is -0.0793. The first-order valence-corrected chi connectivity index (χ1v) is 9.57. The second-order valence-corrected chi connectivity index (χ2v) is 8.00. The van der Waals surface area contributed by atoms with E-state index in [1.807, 2.05) is 0 Å². The van der Waals surface area contributed by atoms with Gasteiger partial charge in [0.2, 0.25) is 0 Å². The van der Waals surface area contributed by atoms with Crippen molar-refractivity contribution in [3.8, 4) is 5.75 Å². The molecule has 0 aliphatic heterocycles. The minimum atomic E-state index is -4.05. The number of halogens is 3. The Kier molecular flexibility index (Phi) is 4.86. The molecular weight excluding hydrogens is 435 g/mol. The van der Waals surface area contributed by atoms with Gasteiger partial charge in [-0.2, -0.15) is 0 Å². The van der Waals surface area contributed by atoms with E-state index in [1.165, 1.54) is 25.3 Å². The number of pyridine rings is 1. The summed E-state index contributed by atoms with van der Waals surface area (Å²) in [5.41, 5.74) is 0.563. The fourth-order valence-corrected chi connectivity index (χ4v) is 4.29.